The number of thiazole rings is 1. The van der Waals surface area contributed by atoms with E-state index < -0.39 is 11.9 Å². The average Bonchev–Trinajstić information content (AvgIpc) is 2.82. The zero-order valence-electron chi connectivity index (χ0n) is 11.2. The zero-order chi connectivity index (χ0) is 14.5. The lowest BCUT2D eigenvalue weighted by Crippen LogP contribution is -2.12. The summed E-state index contributed by atoms with van der Waals surface area (Å²) in [6, 6.07) is 9.61. The van der Waals surface area contributed by atoms with Gasteiger partial charge < -0.3 is 9.67 Å². The minimum atomic E-state index is -0.830. The Balaban J connectivity index is 2.48. The van der Waals surface area contributed by atoms with Gasteiger partial charge >= 0.3 is 5.97 Å². The summed E-state index contributed by atoms with van der Waals surface area (Å²) in [5.74, 6) is -1.36. The Morgan fingerprint density at radius 2 is 2.20 bits per heavy atom. The molecule has 0 fully saturated rings. The molecule has 0 aliphatic rings. The van der Waals surface area contributed by atoms with Gasteiger partial charge in [0.05, 0.1) is 11.6 Å². The third kappa shape index (κ3) is 3.24. The molecule has 0 aliphatic heterocycles. The van der Waals surface area contributed by atoms with E-state index in [1.807, 2.05) is 41.1 Å². The number of carbonyl (C=O) groups is 1. The highest BCUT2D eigenvalue weighted by Crippen LogP contribution is 2.19. The molecule has 20 heavy (non-hydrogen) atoms. The molecule has 104 valence electrons. The van der Waals surface area contributed by atoms with Gasteiger partial charge in [-0.25, -0.2) is 4.99 Å². The molecule has 4 nitrogen and oxygen atoms in total. The standard InChI is InChI=1S/C15H16N2O2S/c1-3-9-17-10-13(11(2)14(18)19)20-15(17)16-12-7-5-4-6-8-12/h3-8,10-11H,1,9H2,2H3,(H,18,19). The summed E-state index contributed by atoms with van der Waals surface area (Å²) in [6.07, 6.45) is 3.61. The SMILES string of the molecule is C=CCn1cc(C(C)C(=O)O)sc1=Nc1ccccc1. The Hall–Kier alpha value is -2.14. The maximum Gasteiger partial charge on any atom is 0.311 e. The minimum Gasteiger partial charge on any atom is -0.481 e. The van der Waals surface area contributed by atoms with Crippen LogP contribution in [0.25, 0.3) is 0 Å². The van der Waals surface area contributed by atoms with Crippen LogP contribution in [-0.2, 0) is 11.3 Å². The van der Waals surface area contributed by atoms with E-state index in [0.29, 0.717) is 6.54 Å². The van der Waals surface area contributed by atoms with Crippen LogP contribution >= 0.6 is 11.3 Å². The van der Waals surface area contributed by atoms with E-state index in [4.69, 9.17) is 5.11 Å². The van der Waals surface area contributed by atoms with Gasteiger partial charge in [0.25, 0.3) is 0 Å². The fourth-order valence-corrected chi connectivity index (χ4v) is 2.75. The van der Waals surface area contributed by atoms with Crippen LogP contribution in [0.15, 0.2) is 54.2 Å². The van der Waals surface area contributed by atoms with Crippen molar-refractivity contribution in [2.75, 3.05) is 0 Å². The van der Waals surface area contributed by atoms with E-state index in [1.54, 1.807) is 13.0 Å². The van der Waals surface area contributed by atoms with E-state index in [0.717, 1.165) is 15.4 Å². The summed E-state index contributed by atoms with van der Waals surface area (Å²) in [5, 5.41) is 9.10. The first-order valence-corrected chi connectivity index (χ1v) is 7.07. The van der Waals surface area contributed by atoms with Crippen LogP contribution in [0.5, 0.6) is 0 Å². The predicted octanol–water partition coefficient (Wildman–Crippen LogP) is 3.16. The summed E-state index contributed by atoms with van der Waals surface area (Å²) in [4.78, 5) is 17.2. The van der Waals surface area contributed by atoms with E-state index >= 15 is 0 Å². The highest BCUT2D eigenvalue weighted by atomic mass is 32.1. The van der Waals surface area contributed by atoms with Crippen molar-refractivity contribution in [3.63, 3.8) is 0 Å². The molecule has 0 saturated heterocycles. The van der Waals surface area contributed by atoms with Gasteiger partial charge in [-0.15, -0.1) is 17.9 Å². The van der Waals surface area contributed by atoms with E-state index in [2.05, 4.69) is 11.6 Å². The lowest BCUT2D eigenvalue weighted by atomic mass is 10.1. The number of aliphatic carboxylic acids is 1. The molecule has 1 N–H and O–H groups in total. The summed E-state index contributed by atoms with van der Waals surface area (Å²) >= 11 is 1.40. The molecule has 1 atom stereocenters. The maximum absolute atomic E-state index is 11.1. The molecule has 5 heteroatoms. The molecular formula is C15H16N2O2S. The van der Waals surface area contributed by atoms with Gasteiger partial charge in [-0.1, -0.05) is 24.3 Å². The van der Waals surface area contributed by atoms with Crippen LogP contribution in [0, 0.1) is 0 Å². The van der Waals surface area contributed by atoms with Crippen molar-refractivity contribution in [3.05, 3.63) is 58.9 Å². The van der Waals surface area contributed by atoms with Gasteiger partial charge in [0, 0.05) is 17.6 Å². The highest BCUT2D eigenvalue weighted by Gasteiger charge is 2.16. The lowest BCUT2D eigenvalue weighted by molar-refractivity contribution is -0.138. The third-order valence-corrected chi connectivity index (χ3v) is 4.04. The number of hydrogen-bond acceptors (Lipinski definition) is 3. The van der Waals surface area contributed by atoms with Crippen molar-refractivity contribution in [2.24, 2.45) is 4.99 Å². The number of para-hydroxylation sites is 1. The first kappa shape index (κ1) is 14.3. The van der Waals surface area contributed by atoms with Crippen molar-refractivity contribution in [2.45, 2.75) is 19.4 Å². The summed E-state index contributed by atoms with van der Waals surface area (Å²) in [5.41, 5.74) is 0.849. The van der Waals surface area contributed by atoms with Gasteiger partial charge in [-0.3, -0.25) is 4.79 Å². The molecule has 1 heterocycles. The first-order chi connectivity index (χ1) is 9.61. The van der Waals surface area contributed by atoms with Crippen LogP contribution in [0.1, 0.15) is 17.7 Å². The third-order valence-electron chi connectivity index (χ3n) is 2.84. The Kier molecular flexibility index (Phi) is 4.53. The molecule has 0 amide bonds. The number of carboxylic acids is 1. The second kappa shape index (κ2) is 6.34. The zero-order valence-corrected chi connectivity index (χ0v) is 12.0. The van der Waals surface area contributed by atoms with E-state index in [9.17, 15) is 4.79 Å². The number of carboxylic acid groups (broad SMARTS) is 1. The van der Waals surface area contributed by atoms with Crippen LogP contribution in [0.2, 0.25) is 0 Å². The highest BCUT2D eigenvalue weighted by molar-refractivity contribution is 7.09. The van der Waals surface area contributed by atoms with E-state index in [-0.39, 0.29) is 0 Å². The average molecular weight is 288 g/mol. The topological polar surface area (TPSA) is 54.6 Å². The predicted molar refractivity (Wildman–Crippen MR) is 80.2 cm³/mol. The smallest absolute Gasteiger partial charge is 0.311 e. The monoisotopic (exact) mass is 288 g/mol. The molecule has 0 saturated carbocycles. The van der Waals surface area contributed by atoms with Crippen LogP contribution < -0.4 is 4.80 Å². The number of allylic oxidation sites excluding steroid dienone is 1. The first-order valence-electron chi connectivity index (χ1n) is 6.25. The molecule has 2 rings (SSSR count). The largest absolute Gasteiger partial charge is 0.481 e. The summed E-state index contributed by atoms with van der Waals surface area (Å²) in [7, 11) is 0. The molecular weight excluding hydrogens is 272 g/mol. The number of nitrogens with zero attached hydrogens (tertiary/aromatic N) is 2. The fraction of sp³-hybridized carbons (Fsp3) is 0.200. The minimum absolute atomic E-state index is 0.532. The molecule has 0 spiro atoms. The van der Waals surface area contributed by atoms with Gasteiger partial charge in [0.1, 0.15) is 0 Å². The van der Waals surface area contributed by atoms with Crippen LogP contribution in [-0.4, -0.2) is 15.6 Å². The molecule has 0 aliphatic carbocycles. The Labute approximate surface area is 121 Å². The second-order valence-electron chi connectivity index (χ2n) is 4.36. The summed E-state index contributed by atoms with van der Waals surface area (Å²) in [6.45, 7) is 6.00. The Morgan fingerprint density at radius 1 is 1.50 bits per heavy atom. The number of hydrogen-bond donors (Lipinski definition) is 1. The molecule has 1 aromatic heterocycles. The van der Waals surface area contributed by atoms with Gasteiger partial charge in [0.2, 0.25) is 0 Å². The van der Waals surface area contributed by atoms with E-state index in [1.165, 1.54) is 11.3 Å². The summed E-state index contributed by atoms with van der Waals surface area (Å²) < 4.78 is 1.92. The van der Waals surface area contributed by atoms with Crippen LogP contribution in [0.4, 0.5) is 5.69 Å². The normalized spacial score (nSPS) is 13.2. The number of aromatic nitrogens is 1. The lowest BCUT2D eigenvalue weighted by Gasteiger charge is -2.00. The molecule has 1 aromatic carbocycles. The number of rotatable bonds is 5. The van der Waals surface area contributed by atoms with Gasteiger partial charge in [0.15, 0.2) is 4.80 Å². The van der Waals surface area contributed by atoms with Gasteiger partial charge in [-0.05, 0) is 19.1 Å². The van der Waals surface area contributed by atoms with Crippen molar-refractivity contribution in [3.8, 4) is 0 Å². The Bertz CT molecular complexity index is 671. The maximum atomic E-state index is 11.1. The van der Waals surface area contributed by atoms with Crippen LogP contribution in [0.3, 0.4) is 0 Å². The molecule has 2 aromatic rings. The van der Waals surface area contributed by atoms with Crippen molar-refractivity contribution in [1.29, 1.82) is 0 Å². The molecule has 0 radical (unpaired) electrons. The van der Waals surface area contributed by atoms with Crippen molar-refractivity contribution >= 4 is 23.0 Å². The van der Waals surface area contributed by atoms with Gasteiger partial charge in [-0.2, -0.15) is 0 Å². The number of benzene rings is 1. The van der Waals surface area contributed by atoms with Crippen molar-refractivity contribution < 1.29 is 9.90 Å². The Morgan fingerprint density at radius 3 is 2.80 bits per heavy atom. The molecule has 1 unspecified atom stereocenters. The second-order valence-corrected chi connectivity index (χ2v) is 5.41. The molecule has 0 bridgehead atoms. The van der Waals surface area contributed by atoms with Crippen molar-refractivity contribution in [1.82, 2.24) is 4.57 Å². The fourth-order valence-electron chi connectivity index (χ4n) is 1.69. The quantitative estimate of drug-likeness (QED) is 0.859.